The zero-order valence-corrected chi connectivity index (χ0v) is 15.8. The number of aromatic nitrogens is 2. The van der Waals surface area contributed by atoms with Gasteiger partial charge in [0, 0.05) is 11.9 Å². The van der Waals surface area contributed by atoms with Gasteiger partial charge in [-0.05, 0) is 37.8 Å². The Kier molecular flexibility index (Phi) is 7.40. The number of carbonyl (C=O) groups excluding carboxylic acids is 2. The van der Waals surface area contributed by atoms with E-state index in [4.69, 9.17) is 9.47 Å². The smallest absolute Gasteiger partial charge is 0.343 e. The number of ether oxygens (including phenoxy) is 2. The maximum Gasteiger partial charge on any atom is 0.343 e. The number of carbonyl (C=O) groups is 2. The molecule has 7 nitrogen and oxygen atoms in total. The molecule has 0 saturated carbocycles. The molecule has 26 heavy (non-hydrogen) atoms. The maximum absolute atomic E-state index is 12.1. The summed E-state index contributed by atoms with van der Waals surface area (Å²) in [6, 6.07) is 7.29. The van der Waals surface area contributed by atoms with E-state index in [1.165, 1.54) is 18.0 Å². The zero-order valence-electron chi connectivity index (χ0n) is 14.9. The number of hydrogen-bond acceptors (Lipinski definition) is 8. The van der Waals surface area contributed by atoms with Crippen LogP contribution in [0.3, 0.4) is 0 Å². The van der Waals surface area contributed by atoms with Gasteiger partial charge >= 0.3 is 11.9 Å². The molecule has 2 aromatic rings. The molecule has 1 aromatic carbocycles. The Morgan fingerprint density at radius 1 is 1.19 bits per heavy atom. The van der Waals surface area contributed by atoms with Crippen molar-refractivity contribution in [2.24, 2.45) is 0 Å². The van der Waals surface area contributed by atoms with Crippen molar-refractivity contribution in [2.75, 3.05) is 24.8 Å². The first kappa shape index (κ1) is 19.7. The van der Waals surface area contributed by atoms with Gasteiger partial charge in [-0.3, -0.25) is 4.79 Å². The molecule has 0 radical (unpaired) electrons. The fourth-order valence-electron chi connectivity index (χ4n) is 2.19. The molecule has 0 unspecified atom stereocenters. The van der Waals surface area contributed by atoms with E-state index in [9.17, 15) is 9.59 Å². The fourth-order valence-corrected chi connectivity index (χ4v) is 2.53. The largest absolute Gasteiger partial charge is 0.466 e. The van der Waals surface area contributed by atoms with Crippen molar-refractivity contribution >= 4 is 35.2 Å². The molecule has 0 aliphatic carbocycles. The Morgan fingerprint density at radius 2 is 1.96 bits per heavy atom. The van der Waals surface area contributed by atoms with E-state index in [-0.39, 0.29) is 24.6 Å². The van der Waals surface area contributed by atoms with Crippen LogP contribution in [-0.4, -0.2) is 41.4 Å². The quantitative estimate of drug-likeness (QED) is 0.427. The zero-order chi connectivity index (χ0) is 18.9. The molecule has 0 aliphatic rings. The molecule has 0 spiro atoms. The summed E-state index contributed by atoms with van der Waals surface area (Å²) in [5.74, 6) is -0.426. The Morgan fingerprint density at radius 3 is 2.65 bits per heavy atom. The van der Waals surface area contributed by atoms with Crippen LogP contribution >= 0.6 is 11.8 Å². The molecular formula is C18H21N3O4S. The average molecular weight is 375 g/mol. The second-order valence-electron chi connectivity index (χ2n) is 5.15. The third-order valence-electron chi connectivity index (χ3n) is 3.29. The Balaban J connectivity index is 2.26. The van der Waals surface area contributed by atoms with Crippen LogP contribution in [0.25, 0.3) is 0 Å². The van der Waals surface area contributed by atoms with E-state index in [0.717, 1.165) is 5.56 Å². The Labute approximate surface area is 156 Å². The van der Waals surface area contributed by atoms with E-state index in [2.05, 4.69) is 15.3 Å². The minimum absolute atomic E-state index is 0.175. The van der Waals surface area contributed by atoms with Crippen molar-refractivity contribution in [3.8, 4) is 0 Å². The van der Waals surface area contributed by atoms with Crippen LogP contribution < -0.4 is 5.32 Å². The van der Waals surface area contributed by atoms with Gasteiger partial charge in [-0.25, -0.2) is 14.8 Å². The van der Waals surface area contributed by atoms with Crippen molar-refractivity contribution in [1.82, 2.24) is 9.97 Å². The van der Waals surface area contributed by atoms with Gasteiger partial charge in [0.15, 0.2) is 5.16 Å². The first-order valence-corrected chi connectivity index (χ1v) is 9.39. The summed E-state index contributed by atoms with van der Waals surface area (Å²) in [5.41, 5.74) is 1.74. The third kappa shape index (κ3) is 5.45. The lowest BCUT2D eigenvalue weighted by Crippen LogP contribution is -2.11. The molecular weight excluding hydrogens is 354 g/mol. The van der Waals surface area contributed by atoms with Crippen LogP contribution in [-0.2, 0) is 20.7 Å². The summed E-state index contributed by atoms with van der Waals surface area (Å²) >= 11 is 1.37. The number of rotatable bonds is 8. The van der Waals surface area contributed by atoms with Crippen LogP contribution in [0.15, 0.2) is 35.6 Å². The van der Waals surface area contributed by atoms with Crippen molar-refractivity contribution in [3.05, 3.63) is 41.6 Å². The van der Waals surface area contributed by atoms with Crippen LogP contribution in [0.1, 0.15) is 29.8 Å². The van der Waals surface area contributed by atoms with E-state index in [0.29, 0.717) is 23.3 Å². The molecule has 0 bridgehead atoms. The number of thioether (sulfide) groups is 1. The highest BCUT2D eigenvalue weighted by Crippen LogP contribution is 2.23. The number of esters is 2. The lowest BCUT2D eigenvalue weighted by molar-refractivity contribution is -0.142. The lowest BCUT2D eigenvalue weighted by atomic mass is 10.1. The van der Waals surface area contributed by atoms with Crippen molar-refractivity contribution in [1.29, 1.82) is 0 Å². The second-order valence-corrected chi connectivity index (χ2v) is 5.92. The van der Waals surface area contributed by atoms with Crippen LogP contribution in [0.4, 0.5) is 11.5 Å². The summed E-state index contributed by atoms with van der Waals surface area (Å²) in [6.45, 7) is 4.11. The van der Waals surface area contributed by atoms with Gasteiger partial charge < -0.3 is 14.8 Å². The predicted octanol–water partition coefficient (Wildman–Crippen LogP) is 3.22. The summed E-state index contributed by atoms with van der Waals surface area (Å²) in [4.78, 5) is 32.3. The average Bonchev–Trinajstić information content (AvgIpc) is 2.62. The number of nitrogens with one attached hydrogen (secondary N) is 1. The van der Waals surface area contributed by atoms with E-state index < -0.39 is 5.97 Å². The van der Waals surface area contributed by atoms with Gasteiger partial charge in [-0.1, -0.05) is 23.9 Å². The SMILES string of the molecule is CCOC(=O)Cc1cccc(Nc2nc(SC)ncc2C(=O)OCC)c1. The summed E-state index contributed by atoms with van der Waals surface area (Å²) in [7, 11) is 0. The standard InChI is InChI=1S/C18H21N3O4S/c1-4-24-15(22)10-12-7-6-8-13(9-12)20-16-14(17(23)25-5-2)11-19-18(21-16)26-3/h6-9,11H,4-5,10H2,1-3H3,(H,19,20,21). The highest BCUT2D eigenvalue weighted by Gasteiger charge is 2.16. The topological polar surface area (TPSA) is 90.4 Å². The van der Waals surface area contributed by atoms with Gasteiger partial charge in [-0.2, -0.15) is 0 Å². The third-order valence-corrected chi connectivity index (χ3v) is 3.85. The molecule has 138 valence electrons. The molecule has 0 amide bonds. The van der Waals surface area contributed by atoms with Gasteiger partial charge in [0.2, 0.25) is 0 Å². The molecule has 0 atom stereocenters. The first-order chi connectivity index (χ1) is 12.6. The maximum atomic E-state index is 12.1. The number of anilines is 2. The van der Waals surface area contributed by atoms with Gasteiger partial charge in [0.05, 0.1) is 19.6 Å². The lowest BCUT2D eigenvalue weighted by Gasteiger charge is -2.12. The highest BCUT2D eigenvalue weighted by atomic mass is 32.2. The predicted molar refractivity (Wildman–Crippen MR) is 99.8 cm³/mol. The van der Waals surface area contributed by atoms with E-state index in [1.807, 2.05) is 30.5 Å². The number of nitrogens with zero attached hydrogens (tertiary/aromatic N) is 2. The minimum atomic E-state index is -0.495. The molecule has 8 heteroatoms. The van der Waals surface area contributed by atoms with Crippen LogP contribution in [0, 0.1) is 0 Å². The molecule has 1 N–H and O–H groups in total. The minimum Gasteiger partial charge on any atom is -0.466 e. The summed E-state index contributed by atoms with van der Waals surface area (Å²) < 4.78 is 10.0. The molecule has 2 rings (SSSR count). The van der Waals surface area contributed by atoms with E-state index in [1.54, 1.807) is 13.8 Å². The van der Waals surface area contributed by atoms with Gasteiger partial charge in [0.25, 0.3) is 0 Å². The van der Waals surface area contributed by atoms with Crippen molar-refractivity contribution in [2.45, 2.75) is 25.4 Å². The van der Waals surface area contributed by atoms with E-state index >= 15 is 0 Å². The number of hydrogen-bond donors (Lipinski definition) is 1. The monoisotopic (exact) mass is 375 g/mol. The Bertz CT molecular complexity index is 783. The fraction of sp³-hybridized carbons (Fsp3) is 0.333. The molecule has 1 heterocycles. The Hall–Kier alpha value is -2.61. The van der Waals surface area contributed by atoms with Gasteiger partial charge in [0.1, 0.15) is 11.4 Å². The first-order valence-electron chi connectivity index (χ1n) is 8.17. The van der Waals surface area contributed by atoms with Crippen molar-refractivity contribution in [3.63, 3.8) is 0 Å². The summed E-state index contributed by atoms with van der Waals surface area (Å²) in [5, 5.41) is 3.65. The molecule has 0 saturated heterocycles. The van der Waals surface area contributed by atoms with Gasteiger partial charge in [-0.15, -0.1) is 0 Å². The van der Waals surface area contributed by atoms with Crippen molar-refractivity contribution < 1.29 is 19.1 Å². The summed E-state index contributed by atoms with van der Waals surface area (Å²) in [6.07, 6.45) is 3.47. The molecule has 1 aromatic heterocycles. The second kappa shape index (κ2) is 9.76. The van der Waals surface area contributed by atoms with Crippen LogP contribution in [0.2, 0.25) is 0 Å². The molecule has 0 aliphatic heterocycles. The van der Waals surface area contributed by atoms with Crippen LogP contribution in [0.5, 0.6) is 0 Å². The normalized spacial score (nSPS) is 10.3. The molecule has 0 fully saturated rings. The number of benzene rings is 1. The highest BCUT2D eigenvalue weighted by molar-refractivity contribution is 7.98.